The molecule has 3 heteroatoms. The lowest BCUT2D eigenvalue weighted by atomic mass is 9.87. The number of benzene rings is 8. The van der Waals surface area contributed by atoms with Crippen molar-refractivity contribution in [2.45, 2.75) is 12.3 Å². The van der Waals surface area contributed by atoms with Crippen molar-refractivity contribution in [3.63, 3.8) is 0 Å². The van der Waals surface area contributed by atoms with Crippen molar-refractivity contribution >= 4 is 59.8 Å². The van der Waals surface area contributed by atoms with E-state index in [4.69, 9.17) is 14.4 Å². The topological polar surface area (TPSA) is 38.9 Å². The first-order chi connectivity index (χ1) is 27.3. The average Bonchev–Trinajstić information content (AvgIpc) is 3.66. The molecule has 0 saturated carbocycles. The van der Waals surface area contributed by atoms with Crippen LogP contribution in [0.4, 0.5) is 0 Å². The van der Waals surface area contributed by atoms with Crippen LogP contribution >= 0.6 is 0 Å². The lowest BCUT2D eigenvalue weighted by Gasteiger charge is -2.18. The number of hydrogen-bond donors (Lipinski definition) is 0. The molecule has 3 nitrogen and oxygen atoms in total. The molecule has 1 aliphatic rings. The minimum Gasteiger partial charge on any atom is -0.455 e. The van der Waals surface area contributed by atoms with E-state index in [1.165, 1.54) is 43.4 Å². The molecular formula is C52H34N2O. The van der Waals surface area contributed by atoms with Crippen molar-refractivity contribution in [3.05, 3.63) is 199 Å². The minimum absolute atomic E-state index is 0.107. The Morgan fingerprint density at radius 3 is 1.73 bits per heavy atom. The second kappa shape index (κ2) is 12.8. The molecule has 2 heterocycles. The molecule has 2 aromatic heterocycles. The van der Waals surface area contributed by atoms with Gasteiger partial charge in [-0.05, 0) is 55.9 Å². The van der Waals surface area contributed by atoms with Gasteiger partial charge in [-0.1, -0.05) is 182 Å². The highest BCUT2D eigenvalue weighted by molar-refractivity contribution is 6.29. The van der Waals surface area contributed by atoms with E-state index < -0.39 is 0 Å². The second-order valence-corrected chi connectivity index (χ2v) is 14.4. The van der Waals surface area contributed by atoms with Gasteiger partial charge in [0.2, 0.25) is 0 Å². The van der Waals surface area contributed by atoms with Gasteiger partial charge in [-0.3, -0.25) is 0 Å². The fourth-order valence-electron chi connectivity index (χ4n) is 8.66. The van der Waals surface area contributed by atoms with Crippen LogP contribution in [0.1, 0.15) is 23.6 Å². The fraction of sp³-hybridized carbons (Fsp3) is 0.0385. The standard InChI is InChI=1S/C52H34N2O/c1-3-15-33(16-4-1)47-32-48(54-52(53-47)34-17-5-2-6-18-34)36-20-11-19-35(31-36)37-25-12-29-45-46-30-14-28-44(51(46)55-50(37)45)43-27-13-26-42-40-22-8-7-21-38(40)39-23-9-10-24-41(39)49(42)43/h1-18,20-32,35H,19H2. The van der Waals surface area contributed by atoms with Crippen molar-refractivity contribution < 1.29 is 4.42 Å². The summed E-state index contributed by atoms with van der Waals surface area (Å²) in [5.41, 5.74) is 10.3. The van der Waals surface area contributed by atoms with Crippen LogP contribution in [0, 0.1) is 0 Å². The first kappa shape index (κ1) is 31.4. The van der Waals surface area contributed by atoms with Gasteiger partial charge in [0.25, 0.3) is 0 Å². The highest BCUT2D eigenvalue weighted by Gasteiger charge is 2.22. The van der Waals surface area contributed by atoms with Crippen molar-refractivity contribution in [3.8, 4) is 33.8 Å². The highest BCUT2D eigenvalue weighted by Crippen LogP contribution is 2.45. The number of fused-ring (bicyclic) bond motifs is 9. The van der Waals surface area contributed by atoms with Crippen molar-refractivity contribution in [2.24, 2.45) is 0 Å². The Morgan fingerprint density at radius 1 is 0.455 bits per heavy atom. The third-order valence-corrected chi connectivity index (χ3v) is 11.2. The predicted molar refractivity (Wildman–Crippen MR) is 229 cm³/mol. The molecule has 1 aliphatic carbocycles. The fourth-order valence-corrected chi connectivity index (χ4v) is 8.66. The molecule has 0 saturated heterocycles. The zero-order valence-corrected chi connectivity index (χ0v) is 30.0. The third-order valence-electron chi connectivity index (χ3n) is 11.2. The molecule has 10 aromatic rings. The van der Waals surface area contributed by atoms with Crippen LogP contribution in [-0.2, 0) is 0 Å². The van der Waals surface area contributed by atoms with Gasteiger partial charge in [-0.2, -0.15) is 0 Å². The monoisotopic (exact) mass is 702 g/mol. The maximum Gasteiger partial charge on any atom is 0.160 e. The molecule has 0 spiro atoms. The van der Waals surface area contributed by atoms with E-state index in [2.05, 4.69) is 164 Å². The molecule has 0 aliphatic heterocycles. The van der Waals surface area contributed by atoms with E-state index in [0.717, 1.165) is 67.8 Å². The summed E-state index contributed by atoms with van der Waals surface area (Å²) in [6.07, 6.45) is 7.70. The second-order valence-electron chi connectivity index (χ2n) is 14.4. The lowest BCUT2D eigenvalue weighted by Crippen LogP contribution is -2.03. The maximum absolute atomic E-state index is 7.09. The summed E-state index contributed by atoms with van der Waals surface area (Å²) >= 11 is 0. The summed E-state index contributed by atoms with van der Waals surface area (Å²) in [6.45, 7) is 0. The summed E-state index contributed by atoms with van der Waals surface area (Å²) < 4.78 is 7.09. The van der Waals surface area contributed by atoms with E-state index in [1.807, 2.05) is 24.3 Å². The van der Waals surface area contributed by atoms with Gasteiger partial charge < -0.3 is 4.42 Å². The predicted octanol–water partition coefficient (Wildman–Crippen LogP) is 14.0. The summed E-state index contributed by atoms with van der Waals surface area (Å²) in [4.78, 5) is 10.2. The van der Waals surface area contributed by atoms with Gasteiger partial charge in [-0.25, -0.2) is 9.97 Å². The van der Waals surface area contributed by atoms with Crippen molar-refractivity contribution in [2.75, 3.05) is 0 Å². The van der Waals surface area contributed by atoms with Crippen LogP contribution < -0.4 is 0 Å². The number of furan rings is 1. The summed E-state index contributed by atoms with van der Waals surface area (Å²) in [5.74, 6) is 0.824. The number of para-hydroxylation sites is 2. The largest absolute Gasteiger partial charge is 0.455 e. The molecule has 0 N–H and O–H groups in total. The zero-order valence-electron chi connectivity index (χ0n) is 30.0. The minimum atomic E-state index is 0.107. The van der Waals surface area contributed by atoms with Gasteiger partial charge >= 0.3 is 0 Å². The SMILES string of the molecule is C1=CC(c2cc(-c3ccccc3)nc(-c3ccccc3)n2)=CC(c2cccc3c2oc2c(-c4cccc5c6ccccc6c6ccccc6c45)cccc23)C1. The Hall–Kier alpha value is -7.10. The van der Waals surface area contributed by atoms with Crippen molar-refractivity contribution in [1.29, 1.82) is 0 Å². The van der Waals surface area contributed by atoms with Gasteiger partial charge in [0, 0.05) is 38.9 Å². The van der Waals surface area contributed by atoms with Gasteiger partial charge in [0.05, 0.1) is 11.4 Å². The number of hydrogen-bond acceptors (Lipinski definition) is 3. The molecular weight excluding hydrogens is 669 g/mol. The van der Waals surface area contributed by atoms with E-state index in [9.17, 15) is 0 Å². The van der Waals surface area contributed by atoms with Crippen LogP contribution in [0.25, 0.3) is 93.6 Å². The van der Waals surface area contributed by atoms with E-state index in [1.54, 1.807) is 0 Å². The maximum atomic E-state index is 7.09. The van der Waals surface area contributed by atoms with Crippen LogP contribution in [0.3, 0.4) is 0 Å². The Morgan fingerprint density at radius 2 is 1.00 bits per heavy atom. The number of allylic oxidation sites excluding steroid dienone is 4. The molecule has 0 bridgehead atoms. The first-order valence-electron chi connectivity index (χ1n) is 18.9. The number of rotatable bonds is 5. The van der Waals surface area contributed by atoms with E-state index in [-0.39, 0.29) is 5.92 Å². The van der Waals surface area contributed by atoms with E-state index >= 15 is 0 Å². The van der Waals surface area contributed by atoms with Gasteiger partial charge in [0.15, 0.2) is 5.82 Å². The van der Waals surface area contributed by atoms with E-state index in [0.29, 0.717) is 0 Å². The molecule has 258 valence electrons. The zero-order chi connectivity index (χ0) is 36.3. The Balaban J connectivity index is 1.07. The molecule has 0 radical (unpaired) electrons. The molecule has 0 amide bonds. The summed E-state index contributed by atoms with van der Waals surface area (Å²) in [5, 5.41) is 9.83. The molecule has 0 fully saturated rings. The smallest absolute Gasteiger partial charge is 0.160 e. The summed E-state index contributed by atoms with van der Waals surface area (Å²) in [7, 11) is 0. The Labute approximate surface area is 318 Å². The van der Waals surface area contributed by atoms with Crippen LogP contribution in [0.15, 0.2) is 193 Å². The molecule has 1 atom stereocenters. The normalized spacial score (nSPS) is 14.3. The number of nitrogens with zero attached hydrogens (tertiary/aromatic N) is 2. The Bertz CT molecular complexity index is 3070. The first-order valence-corrected chi connectivity index (χ1v) is 18.9. The highest BCUT2D eigenvalue weighted by atomic mass is 16.3. The molecule has 11 rings (SSSR count). The van der Waals surface area contributed by atoms with Crippen LogP contribution in [0.2, 0.25) is 0 Å². The van der Waals surface area contributed by atoms with Crippen LogP contribution in [0.5, 0.6) is 0 Å². The Kier molecular flexibility index (Phi) is 7.31. The molecule has 55 heavy (non-hydrogen) atoms. The lowest BCUT2D eigenvalue weighted by molar-refractivity contribution is 0.658. The molecule has 8 aromatic carbocycles. The molecule has 1 unspecified atom stereocenters. The third kappa shape index (κ3) is 5.20. The van der Waals surface area contributed by atoms with Gasteiger partial charge in [-0.15, -0.1) is 0 Å². The van der Waals surface area contributed by atoms with Crippen molar-refractivity contribution in [1.82, 2.24) is 9.97 Å². The summed E-state index contributed by atoms with van der Waals surface area (Å²) in [6, 6.07) is 60.1. The average molecular weight is 703 g/mol. The number of aromatic nitrogens is 2. The van der Waals surface area contributed by atoms with Crippen LogP contribution in [-0.4, -0.2) is 9.97 Å². The quantitative estimate of drug-likeness (QED) is 0.168. The van der Waals surface area contributed by atoms with Gasteiger partial charge in [0.1, 0.15) is 11.2 Å².